The van der Waals surface area contributed by atoms with Gasteiger partial charge in [0.2, 0.25) is 0 Å². The summed E-state index contributed by atoms with van der Waals surface area (Å²) in [5, 5.41) is 5.68. The van der Waals surface area contributed by atoms with Gasteiger partial charge in [-0.15, -0.1) is 0 Å². The first kappa shape index (κ1) is 17.5. The predicted molar refractivity (Wildman–Crippen MR) is 108 cm³/mol. The van der Waals surface area contributed by atoms with E-state index in [2.05, 4.69) is 25.6 Å². The van der Waals surface area contributed by atoms with Crippen molar-refractivity contribution in [1.82, 2.24) is 20.3 Å². The average molecular weight is 373 g/mol. The second kappa shape index (κ2) is 7.79. The van der Waals surface area contributed by atoms with Crippen molar-refractivity contribution in [3.05, 3.63) is 72.7 Å². The van der Waals surface area contributed by atoms with Gasteiger partial charge < -0.3 is 20.4 Å². The fraction of sp³-hybridized carbons (Fsp3) is 0.0952. The van der Waals surface area contributed by atoms with E-state index in [0.29, 0.717) is 17.9 Å². The summed E-state index contributed by atoms with van der Waals surface area (Å²) >= 11 is 0. The van der Waals surface area contributed by atoms with E-state index in [-0.39, 0.29) is 6.03 Å². The number of nitrogens with one attached hydrogen (secondary N) is 3. The normalized spacial score (nSPS) is 10.6. The van der Waals surface area contributed by atoms with Gasteiger partial charge in [0.25, 0.3) is 0 Å². The van der Waals surface area contributed by atoms with Crippen molar-refractivity contribution in [2.24, 2.45) is 0 Å². The summed E-state index contributed by atoms with van der Waals surface area (Å²) in [4.78, 5) is 23.7. The van der Waals surface area contributed by atoms with Crippen LogP contribution in [0, 0.1) is 0 Å². The van der Waals surface area contributed by atoms with Crippen LogP contribution < -0.4 is 15.4 Å². The molecule has 0 unspecified atom stereocenters. The number of carbonyl (C=O) groups excluding carboxylic acids is 1. The first-order chi connectivity index (χ1) is 13.7. The highest BCUT2D eigenvalue weighted by molar-refractivity contribution is 5.91. The van der Waals surface area contributed by atoms with Crippen LogP contribution in [0.5, 0.6) is 5.75 Å². The molecule has 7 nitrogen and oxygen atoms in total. The number of ether oxygens (including phenoxy) is 1. The minimum Gasteiger partial charge on any atom is -0.497 e. The van der Waals surface area contributed by atoms with Gasteiger partial charge in [-0.3, -0.25) is 0 Å². The number of rotatable bonds is 5. The van der Waals surface area contributed by atoms with Crippen LogP contribution in [0.2, 0.25) is 0 Å². The highest BCUT2D eigenvalue weighted by atomic mass is 16.5. The molecule has 28 heavy (non-hydrogen) atoms. The van der Waals surface area contributed by atoms with Gasteiger partial charge in [0, 0.05) is 24.0 Å². The molecule has 2 amide bonds. The fourth-order valence-electron chi connectivity index (χ4n) is 2.96. The van der Waals surface area contributed by atoms with E-state index in [0.717, 1.165) is 28.0 Å². The molecule has 3 N–H and O–H groups in total. The van der Waals surface area contributed by atoms with E-state index in [1.807, 2.05) is 54.6 Å². The Bertz CT molecular complexity index is 1110. The lowest BCUT2D eigenvalue weighted by molar-refractivity contribution is 0.251. The predicted octanol–water partition coefficient (Wildman–Crippen LogP) is 3.96. The molecule has 0 aliphatic carbocycles. The van der Waals surface area contributed by atoms with Crippen LogP contribution in [0.1, 0.15) is 5.56 Å². The van der Waals surface area contributed by atoms with E-state index in [9.17, 15) is 4.79 Å². The number of hydrogen-bond donors (Lipinski definition) is 3. The van der Waals surface area contributed by atoms with Gasteiger partial charge in [-0.25, -0.2) is 14.8 Å². The number of amides is 2. The Balaban J connectivity index is 1.40. The van der Waals surface area contributed by atoms with Gasteiger partial charge in [0.1, 0.15) is 5.75 Å². The number of urea groups is 1. The van der Waals surface area contributed by atoms with E-state index in [1.54, 1.807) is 19.6 Å². The third-order valence-electron chi connectivity index (χ3n) is 4.37. The molecule has 0 saturated carbocycles. The smallest absolute Gasteiger partial charge is 0.319 e. The summed E-state index contributed by atoms with van der Waals surface area (Å²) in [7, 11) is 1.62. The van der Waals surface area contributed by atoms with E-state index in [4.69, 9.17) is 4.74 Å². The molecule has 0 spiro atoms. The largest absolute Gasteiger partial charge is 0.497 e. The lowest BCUT2D eigenvalue weighted by Crippen LogP contribution is -2.28. The molecule has 0 aliphatic heterocycles. The highest BCUT2D eigenvalue weighted by Gasteiger charge is 2.07. The molecule has 0 fully saturated rings. The number of aromatic amines is 1. The number of hydrogen-bond acceptors (Lipinski definition) is 4. The van der Waals surface area contributed by atoms with Crippen LogP contribution in [-0.2, 0) is 6.54 Å². The molecule has 7 heteroatoms. The molecule has 4 aromatic rings. The van der Waals surface area contributed by atoms with Crippen molar-refractivity contribution in [1.29, 1.82) is 0 Å². The Hall–Kier alpha value is -3.87. The molecule has 0 saturated heterocycles. The summed E-state index contributed by atoms with van der Waals surface area (Å²) < 4.78 is 5.19. The molecular weight excluding hydrogens is 354 g/mol. The summed E-state index contributed by atoms with van der Waals surface area (Å²) in [6.07, 6.45) is 3.36. The van der Waals surface area contributed by atoms with Crippen molar-refractivity contribution < 1.29 is 9.53 Å². The van der Waals surface area contributed by atoms with Gasteiger partial charge in [-0.2, -0.15) is 0 Å². The van der Waals surface area contributed by atoms with Crippen LogP contribution in [0.4, 0.5) is 10.5 Å². The average Bonchev–Trinajstić information content (AvgIpc) is 3.22. The van der Waals surface area contributed by atoms with Crippen LogP contribution in [0.25, 0.3) is 22.3 Å². The summed E-state index contributed by atoms with van der Waals surface area (Å²) in [6, 6.07) is 16.9. The molecular formula is C21H19N5O2. The molecule has 0 atom stereocenters. The summed E-state index contributed by atoms with van der Waals surface area (Å²) in [5.74, 6) is 0.762. The number of carbonyl (C=O) groups is 1. The van der Waals surface area contributed by atoms with Crippen molar-refractivity contribution in [2.75, 3.05) is 12.4 Å². The van der Waals surface area contributed by atoms with Gasteiger partial charge in [-0.1, -0.05) is 24.3 Å². The number of methoxy groups -OCH3 is 1. The van der Waals surface area contributed by atoms with Crippen molar-refractivity contribution >= 4 is 22.9 Å². The molecule has 0 radical (unpaired) electrons. The lowest BCUT2D eigenvalue weighted by Gasteiger charge is -2.09. The Morgan fingerprint density at radius 2 is 1.96 bits per heavy atom. The van der Waals surface area contributed by atoms with Gasteiger partial charge in [0.05, 0.1) is 19.0 Å². The molecule has 2 aromatic carbocycles. The van der Waals surface area contributed by atoms with E-state index in [1.165, 1.54) is 0 Å². The van der Waals surface area contributed by atoms with E-state index < -0.39 is 0 Å². The lowest BCUT2D eigenvalue weighted by atomic mass is 10.1. The van der Waals surface area contributed by atoms with Crippen molar-refractivity contribution in [2.45, 2.75) is 6.54 Å². The molecule has 2 aromatic heterocycles. The van der Waals surface area contributed by atoms with Gasteiger partial charge in [-0.05, 0) is 41.5 Å². The maximum atomic E-state index is 12.2. The summed E-state index contributed by atoms with van der Waals surface area (Å²) in [5.41, 5.74) is 5.26. The molecule has 2 heterocycles. The Morgan fingerprint density at radius 3 is 2.79 bits per heavy atom. The topological polar surface area (TPSA) is 91.9 Å². The second-order valence-electron chi connectivity index (χ2n) is 6.20. The zero-order valence-electron chi connectivity index (χ0n) is 15.3. The van der Waals surface area contributed by atoms with Crippen LogP contribution in [0.15, 0.2) is 67.1 Å². The fourth-order valence-corrected chi connectivity index (χ4v) is 2.96. The Labute approximate surface area is 161 Å². The molecule has 4 rings (SSSR count). The Kier molecular flexibility index (Phi) is 4.88. The number of imidazole rings is 1. The number of H-pyrrole nitrogens is 1. The number of nitrogens with zero attached hydrogens (tertiary/aromatic N) is 2. The number of aromatic nitrogens is 3. The molecule has 0 bridgehead atoms. The van der Waals surface area contributed by atoms with Crippen LogP contribution >= 0.6 is 0 Å². The highest BCUT2D eigenvalue weighted by Crippen LogP contribution is 2.26. The molecule has 0 aliphatic rings. The van der Waals surface area contributed by atoms with E-state index >= 15 is 0 Å². The number of pyridine rings is 1. The SMILES string of the molecule is COc1cccc(CNC(=O)Nc2ccc(-c3ccnc4nc[nH]c34)cc2)c1. The third-order valence-corrected chi connectivity index (χ3v) is 4.37. The third kappa shape index (κ3) is 3.78. The standard InChI is InChI=1S/C21H19N5O2/c1-28-17-4-2-3-14(11-17)12-23-21(27)26-16-7-5-15(6-8-16)18-9-10-22-20-19(18)24-13-25-20/h2-11,13H,12H2,1H3,(H,22,24,25)(H2,23,26,27). The maximum absolute atomic E-state index is 12.2. The molecule has 140 valence electrons. The minimum absolute atomic E-state index is 0.268. The zero-order valence-corrected chi connectivity index (χ0v) is 15.3. The van der Waals surface area contributed by atoms with Crippen molar-refractivity contribution in [3.63, 3.8) is 0 Å². The minimum atomic E-state index is -0.268. The van der Waals surface area contributed by atoms with Gasteiger partial charge in [0.15, 0.2) is 5.65 Å². The van der Waals surface area contributed by atoms with Crippen LogP contribution in [0.3, 0.4) is 0 Å². The first-order valence-electron chi connectivity index (χ1n) is 8.79. The summed E-state index contributed by atoms with van der Waals surface area (Å²) in [6.45, 7) is 0.413. The zero-order chi connectivity index (χ0) is 19.3. The van der Waals surface area contributed by atoms with Crippen LogP contribution in [-0.4, -0.2) is 28.1 Å². The Morgan fingerprint density at radius 1 is 1.11 bits per heavy atom. The quantitative estimate of drug-likeness (QED) is 0.494. The monoisotopic (exact) mass is 373 g/mol. The van der Waals surface area contributed by atoms with Crippen molar-refractivity contribution in [3.8, 4) is 16.9 Å². The number of benzene rings is 2. The maximum Gasteiger partial charge on any atom is 0.319 e. The number of anilines is 1. The first-order valence-corrected chi connectivity index (χ1v) is 8.79. The van der Waals surface area contributed by atoms with Gasteiger partial charge >= 0.3 is 6.03 Å². The second-order valence-corrected chi connectivity index (χ2v) is 6.20. The number of fused-ring (bicyclic) bond motifs is 1.